The van der Waals surface area contributed by atoms with E-state index in [0.717, 1.165) is 5.92 Å². The van der Waals surface area contributed by atoms with Crippen LogP contribution in [0.2, 0.25) is 0 Å². The summed E-state index contributed by atoms with van der Waals surface area (Å²) in [5.74, 6) is 0.932. The second-order valence-corrected chi connectivity index (χ2v) is 8.76. The molecule has 2 atom stereocenters. The molecule has 2 bridgehead atoms. The largest absolute Gasteiger partial charge is 0.0850 e. The SMILES string of the molecule is C1=C2CC(C1)C1(CCc3cc4cc(-c5ccccc5)ccc4cc3C1)C2. The van der Waals surface area contributed by atoms with Crippen LogP contribution in [0.5, 0.6) is 0 Å². The van der Waals surface area contributed by atoms with Crippen LogP contribution in [0.25, 0.3) is 21.9 Å². The number of aryl methyl sites for hydroxylation is 1. The molecule has 3 aliphatic rings. The highest BCUT2D eigenvalue weighted by atomic mass is 14.5. The third-order valence-electron chi connectivity index (χ3n) is 7.35. The summed E-state index contributed by atoms with van der Waals surface area (Å²) in [6.07, 6.45) is 10.6. The van der Waals surface area contributed by atoms with Gasteiger partial charge in [-0.05, 0) is 89.0 Å². The maximum atomic E-state index is 2.52. The van der Waals surface area contributed by atoms with Gasteiger partial charge in [0.2, 0.25) is 0 Å². The Bertz CT molecular complexity index is 1040. The monoisotopic (exact) mass is 336 g/mol. The number of benzene rings is 3. The van der Waals surface area contributed by atoms with Crippen LogP contribution >= 0.6 is 0 Å². The molecule has 0 saturated heterocycles. The van der Waals surface area contributed by atoms with Gasteiger partial charge < -0.3 is 0 Å². The molecule has 0 heterocycles. The molecule has 26 heavy (non-hydrogen) atoms. The van der Waals surface area contributed by atoms with E-state index < -0.39 is 0 Å². The predicted octanol–water partition coefficient (Wildman–Crippen LogP) is 6.72. The molecule has 1 fully saturated rings. The summed E-state index contributed by atoms with van der Waals surface area (Å²) in [5, 5.41) is 2.81. The minimum Gasteiger partial charge on any atom is -0.0850 e. The molecule has 6 rings (SSSR count). The molecule has 0 aliphatic heterocycles. The highest BCUT2D eigenvalue weighted by molar-refractivity contribution is 5.88. The van der Waals surface area contributed by atoms with Crippen molar-refractivity contribution in [2.75, 3.05) is 0 Å². The van der Waals surface area contributed by atoms with Crippen molar-refractivity contribution >= 4 is 10.8 Å². The van der Waals surface area contributed by atoms with Gasteiger partial charge in [0, 0.05) is 0 Å². The van der Waals surface area contributed by atoms with Gasteiger partial charge in [-0.2, -0.15) is 0 Å². The highest BCUT2D eigenvalue weighted by Crippen LogP contribution is 2.58. The molecule has 3 aliphatic carbocycles. The average molecular weight is 336 g/mol. The van der Waals surface area contributed by atoms with E-state index in [2.05, 4.69) is 66.7 Å². The molecule has 0 amide bonds. The molecule has 1 saturated carbocycles. The zero-order chi connectivity index (χ0) is 17.1. The fourth-order valence-corrected chi connectivity index (χ4v) is 5.95. The fraction of sp³-hybridized carbons (Fsp3) is 0.308. The van der Waals surface area contributed by atoms with Crippen molar-refractivity contribution in [3.63, 3.8) is 0 Å². The topological polar surface area (TPSA) is 0 Å². The Morgan fingerprint density at radius 2 is 1.65 bits per heavy atom. The van der Waals surface area contributed by atoms with Crippen molar-refractivity contribution in [3.8, 4) is 11.1 Å². The van der Waals surface area contributed by atoms with Crippen molar-refractivity contribution in [1.82, 2.24) is 0 Å². The Hall–Kier alpha value is -2.34. The predicted molar refractivity (Wildman–Crippen MR) is 109 cm³/mol. The van der Waals surface area contributed by atoms with Crippen LogP contribution in [0.15, 0.2) is 72.3 Å². The van der Waals surface area contributed by atoms with Gasteiger partial charge in [-0.25, -0.2) is 0 Å². The minimum atomic E-state index is 0.592. The molecule has 3 aromatic rings. The summed E-state index contributed by atoms with van der Waals surface area (Å²) in [4.78, 5) is 0. The van der Waals surface area contributed by atoms with Gasteiger partial charge in [0.25, 0.3) is 0 Å². The first-order valence-electron chi connectivity index (χ1n) is 10.1. The van der Waals surface area contributed by atoms with Crippen LogP contribution in [0.3, 0.4) is 0 Å². The molecule has 1 spiro atoms. The lowest BCUT2D eigenvalue weighted by Gasteiger charge is -2.40. The molecule has 3 aromatic carbocycles. The average Bonchev–Trinajstić information content (AvgIpc) is 3.28. The maximum absolute atomic E-state index is 2.52. The van der Waals surface area contributed by atoms with Crippen LogP contribution in [-0.2, 0) is 12.8 Å². The Morgan fingerprint density at radius 3 is 2.46 bits per heavy atom. The zero-order valence-electron chi connectivity index (χ0n) is 15.2. The van der Waals surface area contributed by atoms with Gasteiger partial charge in [0.15, 0.2) is 0 Å². The lowest BCUT2D eigenvalue weighted by atomic mass is 9.64. The number of rotatable bonds is 1. The van der Waals surface area contributed by atoms with E-state index >= 15 is 0 Å². The number of fused-ring (bicyclic) bond motifs is 5. The van der Waals surface area contributed by atoms with Crippen LogP contribution in [-0.4, -0.2) is 0 Å². The molecule has 0 heteroatoms. The summed E-state index contributed by atoms with van der Waals surface area (Å²) in [7, 11) is 0. The Labute approximate surface area is 155 Å². The van der Waals surface area contributed by atoms with Crippen molar-refractivity contribution in [2.45, 2.75) is 38.5 Å². The third kappa shape index (κ3) is 2.14. The highest BCUT2D eigenvalue weighted by Gasteiger charge is 2.48. The van der Waals surface area contributed by atoms with E-state index in [1.54, 1.807) is 16.7 Å². The second kappa shape index (κ2) is 5.33. The fourth-order valence-electron chi connectivity index (χ4n) is 5.95. The van der Waals surface area contributed by atoms with Crippen molar-refractivity contribution in [3.05, 3.63) is 83.4 Å². The molecule has 2 unspecified atom stereocenters. The van der Waals surface area contributed by atoms with Gasteiger partial charge in [0.1, 0.15) is 0 Å². The first-order valence-corrected chi connectivity index (χ1v) is 10.1. The van der Waals surface area contributed by atoms with Crippen LogP contribution < -0.4 is 0 Å². The smallest absolute Gasteiger partial charge is 0.0175 e. The van der Waals surface area contributed by atoms with Crippen molar-refractivity contribution in [1.29, 1.82) is 0 Å². The van der Waals surface area contributed by atoms with Gasteiger partial charge in [-0.1, -0.05) is 66.2 Å². The summed E-state index contributed by atoms with van der Waals surface area (Å²) in [6, 6.07) is 22.7. The Morgan fingerprint density at radius 1 is 0.769 bits per heavy atom. The van der Waals surface area contributed by atoms with Crippen LogP contribution in [0.4, 0.5) is 0 Å². The van der Waals surface area contributed by atoms with E-state index in [-0.39, 0.29) is 0 Å². The van der Waals surface area contributed by atoms with Gasteiger partial charge in [-0.15, -0.1) is 0 Å². The number of hydrogen-bond donors (Lipinski definition) is 0. The van der Waals surface area contributed by atoms with E-state index in [4.69, 9.17) is 0 Å². The van der Waals surface area contributed by atoms with E-state index in [9.17, 15) is 0 Å². The van der Waals surface area contributed by atoms with Crippen molar-refractivity contribution < 1.29 is 0 Å². The number of allylic oxidation sites excluding steroid dienone is 2. The first-order chi connectivity index (χ1) is 12.8. The zero-order valence-corrected chi connectivity index (χ0v) is 15.2. The van der Waals surface area contributed by atoms with Gasteiger partial charge >= 0.3 is 0 Å². The normalized spacial score (nSPS) is 26.3. The minimum absolute atomic E-state index is 0.592. The van der Waals surface area contributed by atoms with Gasteiger partial charge in [0.05, 0.1) is 0 Å². The van der Waals surface area contributed by atoms with E-state index in [1.807, 2.05) is 0 Å². The summed E-state index contributed by atoms with van der Waals surface area (Å²) in [6.45, 7) is 0. The Kier molecular flexibility index (Phi) is 3.03. The molecule has 0 N–H and O–H groups in total. The summed E-state index contributed by atoms with van der Waals surface area (Å²) in [5.41, 5.74) is 8.21. The summed E-state index contributed by atoms with van der Waals surface area (Å²) >= 11 is 0. The Balaban J connectivity index is 1.41. The van der Waals surface area contributed by atoms with Crippen molar-refractivity contribution in [2.24, 2.45) is 11.3 Å². The van der Waals surface area contributed by atoms with Crippen LogP contribution in [0, 0.1) is 11.3 Å². The standard InChI is InChI=1S/C26H24/c1-2-4-19(5-3-1)20-7-8-21-15-24-17-26(16-18-6-9-25(26)12-18)11-10-22(24)14-23(21)13-20/h1-8,13-15,25H,9-12,16-17H2. The third-order valence-corrected chi connectivity index (χ3v) is 7.35. The molecular weight excluding hydrogens is 312 g/mol. The molecule has 0 radical (unpaired) electrons. The molecule has 0 nitrogen and oxygen atoms in total. The second-order valence-electron chi connectivity index (χ2n) is 8.76. The summed E-state index contributed by atoms with van der Waals surface area (Å²) < 4.78 is 0. The lowest BCUT2D eigenvalue weighted by molar-refractivity contribution is 0.169. The van der Waals surface area contributed by atoms with E-state index in [0.29, 0.717) is 5.41 Å². The lowest BCUT2D eigenvalue weighted by Crippen LogP contribution is -2.33. The van der Waals surface area contributed by atoms with Gasteiger partial charge in [-0.3, -0.25) is 0 Å². The van der Waals surface area contributed by atoms with E-state index in [1.165, 1.54) is 60.4 Å². The molecule has 128 valence electrons. The quantitative estimate of drug-likeness (QED) is 0.433. The molecular formula is C26H24. The number of hydrogen-bond acceptors (Lipinski definition) is 0. The maximum Gasteiger partial charge on any atom is -0.0175 e. The first kappa shape index (κ1) is 14.8. The molecule has 0 aromatic heterocycles. The van der Waals surface area contributed by atoms with Crippen LogP contribution in [0.1, 0.15) is 36.8 Å².